The number of rotatable bonds is 5. The second kappa shape index (κ2) is 8.10. The van der Waals surface area contributed by atoms with Crippen molar-refractivity contribution >= 4 is 10.8 Å². The van der Waals surface area contributed by atoms with Crippen LogP contribution in [0.1, 0.15) is 41.3 Å². The third-order valence-corrected chi connectivity index (χ3v) is 5.91. The van der Waals surface area contributed by atoms with E-state index in [1.807, 2.05) is 30.3 Å². The van der Waals surface area contributed by atoms with Gasteiger partial charge in [0.1, 0.15) is 5.75 Å². The van der Waals surface area contributed by atoms with Crippen LogP contribution in [-0.4, -0.2) is 17.1 Å². The lowest BCUT2D eigenvalue weighted by Crippen LogP contribution is -2.29. The first kappa shape index (κ1) is 19.2. The van der Waals surface area contributed by atoms with Gasteiger partial charge in [-0.3, -0.25) is 4.90 Å². The molecule has 2 heteroatoms. The highest BCUT2D eigenvalue weighted by Crippen LogP contribution is 2.41. The Labute approximate surface area is 173 Å². The largest absolute Gasteiger partial charge is 0.508 e. The summed E-state index contributed by atoms with van der Waals surface area (Å²) in [5, 5.41) is 13.2. The molecule has 0 unspecified atom stereocenters. The van der Waals surface area contributed by atoms with Gasteiger partial charge in [0.15, 0.2) is 0 Å². The highest BCUT2D eigenvalue weighted by molar-refractivity contribution is 5.88. The Balaban J connectivity index is 1.90. The van der Waals surface area contributed by atoms with Crippen molar-refractivity contribution < 1.29 is 5.11 Å². The molecular formula is C27H27NO. The van der Waals surface area contributed by atoms with Gasteiger partial charge < -0.3 is 5.11 Å². The summed E-state index contributed by atoms with van der Waals surface area (Å²) in [5.74, 6) is 0.335. The van der Waals surface area contributed by atoms with Crippen LogP contribution in [0.3, 0.4) is 0 Å². The molecule has 0 amide bonds. The molecular weight excluding hydrogens is 354 g/mol. The maximum atomic E-state index is 11.0. The molecule has 1 N–H and O–H groups in total. The molecule has 4 aromatic carbocycles. The van der Waals surface area contributed by atoms with E-state index in [0.29, 0.717) is 5.75 Å². The lowest BCUT2D eigenvalue weighted by molar-refractivity contribution is 0.211. The first-order chi connectivity index (χ1) is 14.1. The Morgan fingerprint density at radius 3 is 2.10 bits per heavy atom. The van der Waals surface area contributed by atoms with Gasteiger partial charge in [0.05, 0.1) is 6.04 Å². The van der Waals surface area contributed by atoms with Gasteiger partial charge in [-0.2, -0.15) is 0 Å². The molecule has 2 nitrogen and oxygen atoms in total. The molecule has 0 bridgehead atoms. The van der Waals surface area contributed by atoms with Gasteiger partial charge in [-0.25, -0.2) is 0 Å². The van der Waals surface area contributed by atoms with Crippen LogP contribution in [-0.2, 0) is 0 Å². The number of hydrogen-bond acceptors (Lipinski definition) is 2. The van der Waals surface area contributed by atoms with Gasteiger partial charge in [-0.1, -0.05) is 90.5 Å². The van der Waals surface area contributed by atoms with E-state index >= 15 is 0 Å². The Kier molecular flexibility index (Phi) is 5.37. The van der Waals surface area contributed by atoms with Crippen LogP contribution in [0, 0.1) is 6.92 Å². The fraction of sp³-hybridized carbons (Fsp3) is 0.185. The van der Waals surface area contributed by atoms with Crippen LogP contribution in [0.25, 0.3) is 10.8 Å². The van der Waals surface area contributed by atoms with Crippen molar-refractivity contribution in [2.24, 2.45) is 0 Å². The fourth-order valence-electron chi connectivity index (χ4n) is 4.12. The number of aromatic hydroxyl groups is 1. The molecule has 0 saturated carbocycles. The molecule has 4 aromatic rings. The standard InChI is InChI=1S/C27H27NO/c1-19-13-15-23(16-14-19)27(28(3)20(2)21-9-5-4-6-10-21)26-24-12-8-7-11-22(24)17-18-25(26)29/h4-18,20,27,29H,1-3H3/t20-,27-/m1/s1. The summed E-state index contributed by atoms with van der Waals surface area (Å²) in [6, 6.07) is 31.4. The van der Waals surface area contributed by atoms with Crippen molar-refractivity contribution in [3.63, 3.8) is 0 Å². The number of benzene rings is 4. The van der Waals surface area contributed by atoms with Crippen molar-refractivity contribution in [2.75, 3.05) is 7.05 Å². The normalized spacial score (nSPS) is 13.5. The van der Waals surface area contributed by atoms with Crippen LogP contribution < -0.4 is 0 Å². The highest BCUT2D eigenvalue weighted by atomic mass is 16.3. The predicted octanol–water partition coefficient (Wildman–Crippen LogP) is 6.64. The lowest BCUT2D eigenvalue weighted by Gasteiger charge is -2.35. The molecule has 2 atom stereocenters. The monoisotopic (exact) mass is 381 g/mol. The zero-order valence-electron chi connectivity index (χ0n) is 17.2. The van der Waals surface area contributed by atoms with Crippen LogP contribution >= 0.6 is 0 Å². The first-order valence-corrected chi connectivity index (χ1v) is 10.1. The molecule has 0 aliphatic rings. The van der Waals surface area contributed by atoms with Crippen molar-refractivity contribution in [1.29, 1.82) is 0 Å². The average molecular weight is 382 g/mol. The number of phenolic OH excluding ortho intramolecular Hbond substituents is 1. The third kappa shape index (κ3) is 3.76. The summed E-state index contributed by atoms with van der Waals surface area (Å²) in [4.78, 5) is 2.35. The summed E-state index contributed by atoms with van der Waals surface area (Å²) in [6.07, 6.45) is 0. The van der Waals surface area contributed by atoms with Gasteiger partial charge in [0.2, 0.25) is 0 Å². The molecule has 146 valence electrons. The molecule has 0 aliphatic carbocycles. The van der Waals surface area contributed by atoms with E-state index in [4.69, 9.17) is 0 Å². The van der Waals surface area contributed by atoms with Crippen molar-refractivity contribution in [3.8, 4) is 5.75 Å². The van der Waals surface area contributed by atoms with Crippen molar-refractivity contribution in [1.82, 2.24) is 4.90 Å². The van der Waals surface area contributed by atoms with Crippen LogP contribution in [0.5, 0.6) is 5.75 Å². The Morgan fingerprint density at radius 1 is 0.724 bits per heavy atom. The Hall–Kier alpha value is -3.10. The first-order valence-electron chi connectivity index (χ1n) is 10.1. The van der Waals surface area contributed by atoms with E-state index in [1.54, 1.807) is 0 Å². The number of fused-ring (bicyclic) bond motifs is 1. The topological polar surface area (TPSA) is 23.5 Å². The van der Waals surface area contributed by atoms with E-state index < -0.39 is 0 Å². The smallest absolute Gasteiger partial charge is 0.121 e. The average Bonchev–Trinajstić information content (AvgIpc) is 2.76. The second-order valence-electron chi connectivity index (χ2n) is 7.78. The summed E-state index contributed by atoms with van der Waals surface area (Å²) in [7, 11) is 2.14. The molecule has 0 spiro atoms. The molecule has 0 saturated heterocycles. The minimum atomic E-state index is -0.0723. The fourth-order valence-corrected chi connectivity index (χ4v) is 4.12. The lowest BCUT2D eigenvalue weighted by atomic mass is 9.90. The van der Waals surface area contributed by atoms with Gasteiger partial charge in [-0.05, 0) is 48.9 Å². The molecule has 0 aliphatic heterocycles. The predicted molar refractivity (Wildman–Crippen MR) is 121 cm³/mol. The van der Waals surface area contributed by atoms with E-state index in [2.05, 4.69) is 86.5 Å². The van der Waals surface area contributed by atoms with Crippen LogP contribution in [0.15, 0.2) is 91.0 Å². The number of hydrogen-bond donors (Lipinski definition) is 1. The molecule has 4 rings (SSSR count). The van der Waals surface area contributed by atoms with Crippen molar-refractivity contribution in [3.05, 3.63) is 113 Å². The molecule has 0 radical (unpaired) electrons. The van der Waals surface area contributed by atoms with E-state index in [-0.39, 0.29) is 12.1 Å². The van der Waals surface area contributed by atoms with Crippen LogP contribution in [0.4, 0.5) is 0 Å². The van der Waals surface area contributed by atoms with E-state index in [9.17, 15) is 5.11 Å². The van der Waals surface area contributed by atoms with E-state index in [1.165, 1.54) is 16.7 Å². The number of nitrogens with zero attached hydrogens (tertiary/aromatic N) is 1. The molecule has 0 aromatic heterocycles. The maximum Gasteiger partial charge on any atom is 0.121 e. The zero-order chi connectivity index (χ0) is 20.4. The minimum Gasteiger partial charge on any atom is -0.508 e. The molecule has 0 fully saturated rings. The Bertz CT molecular complexity index is 1100. The molecule has 29 heavy (non-hydrogen) atoms. The van der Waals surface area contributed by atoms with Gasteiger partial charge in [0, 0.05) is 11.6 Å². The Morgan fingerprint density at radius 2 is 1.38 bits per heavy atom. The second-order valence-corrected chi connectivity index (χ2v) is 7.78. The highest BCUT2D eigenvalue weighted by Gasteiger charge is 2.28. The SMILES string of the molecule is Cc1ccc([C@H](c2c(O)ccc3ccccc23)N(C)[C@H](C)c2ccccc2)cc1. The summed E-state index contributed by atoms with van der Waals surface area (Å²) in [5.41, 5.74) is 4.62. The summed E-state index contributed by atoms with van der Waals surface area (Å²) >= 11 is 0. The zero-order valence-corrected chi connectivity index (χ0v) is 17.2. The molecule has 0 heterocycles. The van der Waals surface area contributed by atoms with Crippen LogP contribution in [0.2, 0.25) is 0 Å². The number of phenols is 1. The summed E-state index contributed by atoms with van der Waals surface area (Å²) in [6.45, 7) is 4.32. The minimum absolute atomic E-state index is 0.0723. The summed E-state index contributed by atoms with van der Waals surface area (Å²) < 4.78 is 0. The van der Waals surface area contributed by atoms with E-state index in [0.717, 1.165) is 16.3 Å². The van der Waals surface area contributed by atoms with Gasteiger partial charge in [0.25, 0.3) is 0 Å². The number of aryl methyl sites for hydroxylation is 1. The van der Waals surface area contributed by atoms with Gasteiger partial charge in [-0.15, -0.1) is 0 Å². The van der Waals surface area contributed by atoms with Crippen molar-refractivity contribution in [2.45, 2.75) is 25.9 Å². The third-order valence-electron chi connectivity index (χ3n) is 5.91. The van der Waals surface area contributed by atoms with Gasteiger partial charge >= 0.3 is 0 Å². The quantitative estimate of drug-likeness (QED) is 0.419. The maximum absolute atomic E-state index is 11.0.